The van der Waals surface area contributed by atoms with Gasteiger partial charge in [-0.25, -0.2) is 13.6 Å². The summed E-state index contributed by atoms with van der Waals surface area (Å²) in [5.41, 5.74) is 0. The molecule has 1 unspecified atom stereocenters. The first-order valence-electron chi connectivity index (χ1n) is 4.46. The van der Waals surface area contributed by atoms with Crippen LogP contribution in [0.3, 0.4) is 0 Å². The number of halogens is 3. The third-order valence-corrected chi connectivity index (χ3v) is 2.43. The first-order chi connectivity index (χ1) is 7.52. The molecule has 1 aromatic carbocycles. The van der Waals surface area contributed by atoms with E-state index >= 15 is 0 Å². The zero-order valence-corrected chi connectivity index (χ0v) is 9.71. The van der Waals surface area contributed by atoms with Crippen molar-refractivity contribution in [2.24, 2.45) is 0 Å². The molecule has 0 aromatic heterocycles. The van der Waals surface area contributed by atoms with Crippen molar-refractivity contribution in [2.75, 3.05) is 6.61 Å². The standard InChI is InChI=1S/C10H9BrF2O3/c11-6-2-1-3-8(9(6)13)16-5-4-7(12)10(14)15/h1-3,7H,4-5H2,(H,14,15). The molecule has 0 amide bonds. The fraction of sp³-hybridized carbons (Fsp3) is 0.300. The van der Waals surface area contributed by atoms with E-state index in [-0.39, 0.29) is 23.2 Å². The minimum atomic E-state index is -1.99. The molecule has 0 spiro atoms. The van der Waals surface area contributed by atoms with E-state index in [1.165, 1.54) is 12.1 Å². The number of alkyl halides is 1. The Morgan fingerprint density at radius 1 is 1.56 bits per heavy atom. The highest BCUT2D eigenvalue weighted by molar-refractivity contribution is 9.10. The molecule has 6 heteroatoms. The summed E-state index contributed by atoms with van der Waals surface area (Å²) in [4.78, 5) is 10.2. The van der Waals surface area contributed by atoms with Crippen LogP contribution in [0.2, 0.25) is 0 Å². The van der Waals surface area contributed by atoms with Gasteiger partial charge in [-0.1, -0.05) is 6.07 Å². The van der Waals surface area contributed by atoms with Crippen molar-refractivity contribution in [2.45, 2.75) is 12.6 Å². The monoisotopic (exact) mass is 294 g/mol. The molecule has 1 atom stereocenters. The van der Waals surface area contributed by atoms with E-state index in [1.54, 1.807) is 6.07 Å². The van der Waals surface area contributed by atoms with Crippen LogP contribution in [0.4, 0.5) is 8.78 Å². The molecule has 0 radical (unpaired) electrons. The van der Waals surface area contributed by atoms with Gasteiger partial charge in [0.2, 0.25) is 0 Å². The number of carbonyl (C=O) groups is 1. The van der Waals surface area contributed by atoms with Crippen molar-refractivity contribution in [1.29, 1.82) is 0 Å². The summed E-state index contributed by atoms with van der Waals surface area (Å²) < 4.78 is 31.1. The van der Waals surface area contributed by atoms with Crippen molar-refractivity contribution in [3.05, 3.63) is 28.5 Å². The maximum absolute atomic E-state index is 13.3. The second-order valence-electron chi connectivity index (χ2n) is 2.99. The third-order valence-electron chi connectivity index (χ3n) is 1.81. The summed E-state index contributed by atoms with van der Waals surface area (Å²) in [6.45, 7) is -0.194. The average Bonchev–Trinajstić information content (AvgIpc) is 2.24. The van der Waals surface area contributed by atoms with Crippen molar-refractivity contribution in [1.82, 2.24) is 0 Å². The van der Waals surface area contributed by atoms with E-state index in [4.69, 9.17) is 9.84 Å². The Morgan fingerprint density at radius 3 is 2.88 bits per heavy atom. The third kappa shape index (κ3) is 3.44. The SMILES string of the molecule is O=C(O)C(F)CCOc1cccc(Br)c1F. The van der Waals surface area contributed by atoms with Crippen LogP contribution < -0.4 is 4.74 Å². The number of hydrogen-bond donors (Lipinski definition) is 1. The zero-order valence-electron chi connectivity index (χ0n) is 8.12. The van der Waals surface area contributed by atoms with Gasteiger partial charge >= 0.3 is 5.97 Å². The van der Waals surface area contributed by atoms with Crippen molar-refractivity contribution in [3.63, 3.8) is 0 Å². The lowest BCUT2D eigenvalue weighted by Gasteiger charge is -2.08. The van der Waals surface area contributed by atoms with Gasteiger partial charge in [0.1, 0.15) is 0 Å². The summed E-state index contributed by atoms with van der Waals surface area (Å²) in [7, 11) is 0. The molecule has 0 aliphatic heterocycles. The molecular formula is C10H9BrF2O3. The normalized spacial score (nSPS) is 12.2. The summed E-state index contributed by atoms with van der Waals surface area (Å²) in [5.74, 6) is -2.17. The predicted octanol–water partition coefficient (Wildman–Crippen LogP) is 2.78. The van der Waals surface area contributed by atoms with Crippen LogP contribution in [0.15, 0.2) is 22.7 Å². The Morgan fingerprint density at radius 2 is 2.25 bits per heavy atom. The first-order valence-corrected chi connectivity index (χ1v) is 5.25. The number of rotatable bonds is 5. The second-order valence-corrected chi connectivity index (χ2v) is 3.85. The molecule has 0 saturated heterocycles. The van der Waals surface area contributed by atoms with Gasteiger partial charge in [0.15, 0.2) is 17.7 Å². The number of aliphatic carboxylic acids is 1. The van der Waals surface area contributed by atoms with E-state index in [1.807, 2.05) is 0 Å². The number of benzene rings is 1. The molecule has 1 aromatic rings. The van der Waals surface area contributed by atoms with E-state index in [9.17, 15) is 13.6 Å². The maximum Gasteiger partial charge on any atom is 0.338 e. The molecule has 1 rings (SSSR count). The molecule has 0 bridgehead atoms. The van der Waals surface area contributed by atoms with Crippen molar-refractivity contribution in [3.8, 4) is 5.75 Å². The van der Waals surface area contributed by atoms with Gasteiger partial charge in [-0.15, -0.1) is 0 Å². The van der Waals surface area contributed by atoms with Crippen LogP contribution >= 0.6 is 15.9 Å². The molecule has 0 aliphatic carbocycles. The van der Waals surface area contributed by atoms with E-state index in [0.717, 1.165) is 0 Å². The summed E-state index contributed by atoms with van der Waals surface area (Å²) in [5, 5.41) is 8.27. The molecule has 0 fully saturated rings. The Kier molecular flexibility index (Phi) is 4.67. The summed E-state index contributed by atoms with van der Waals surface area (Å²) in [6.07, 6.45) is -2.31. The average molecular weight is 295 g/mol. The second kappa shape index (κ2) is 5.79. The van der Waals surface area contributed by atoms with Gasteiger partial charge in [0.25, 0.3) is 0 Å². The van der Waals surface area contributed by atoms with Gasteiger partial charge in [0.05, 0.1) is 11.1 Å². The highest BCUT2D eigenvalue weighted by Crippen LogP contribution is 2.24. The maximum atomic E-state index is 13.3. The fourth-order valence-electron chi connectivity index (χ4n) is 0.991. The summed E-state index contributed by atoms with van der Waals surface area (Å²) in [6, 6.07) is 4.44. The van der Waals surface area contributed by atoms with Gasteiger partial charge in [0, 0.05) is 6.42 Å². The molecular weight excluding hydrogens is 286 g/mol. The van der Waals surface area contributed by atoms with Crippen LogP contribution in [0.25, 0.3) is 0 Å². The number of carboxylic acid groups (broad SMARTS) is 1. The smallest absolute Gasteiger partial charge is 0.338 e. The van der Waals surface area contributed by atoms with E-state index in [2.05, 4.69) is 15.9 Å². The number of carboxylic acids is 1. The van der Waals surface area contributed by atoms with Crippen LogP contribution in [0.5, 0.6) is 5.75 Å². The van der Waals surface area contributed by atoms with Gasteiger partial charge in [-0.3, -0.25) is 0 Å². The van der Waals surface area contributed by atoms with Gasteiger partial charge in [-0.2, -0.15) is 0 Å². The van der Waals surface area contributed by atoms with E-state index < -0.39 is 18.0 Å². The minimum Gasteiger partial charge on any atom is -0.490 e. The fourth-order valence-corrected chi connectivity index (χ4v) is 1.34. The Bertz CT molecular complexity index is 384. The van der Waals surface area contributed by atoms with Crippen LogP contribution in [-0.4, -0.2) is 23.9 Å². The zero-order chi connectivity index (χ0) is 12.1. The van der Waals surface area contributed by atoms with Crippen LogP contribution in [0, 0.1) is 5.82 Å². The molecule has 0 aliphatic rings. The Hall–Kier alpha value is -1.17. The van der Waals surface area contributed by atoms with Gasteiger partial charge < -0.3 is 9.84 Å². The molecule has 16 heavy (non-hydrogen) atoms. The Balaban J connectivity index is 2.49. The predicted molar refractivity (Wildman–Crippen MR) is 56.7 cm³/mol. The largest absolute Gasteiger partial charge is 0.490 e. The van der Waals surface area contributed by atoms with Crippen molar-refractivity contribution < 1.29 is 23.4 Å². The quantitative estimate of drug-likeness (QED) is 0.908. The Labute approximate surface area is 99.2 Å². The lowest BCUT2D eigenvalue weighted by Crippen LogP contribution is -2.17. The van der Waals surface area contributed by atoms with Crippen LogP contribution in [0.1, 0.15) is 6.42 Å². The topological polar surface area (TPSA) is 46.5 Å². The highest BCUT2D eigenvalue weighted by atomic mass is 79.9. The minimum absolute atomic E-state index is 0.0352. The van der Waals surface area contributed by atoms with Crippen LogP contribution in [-0.2, 0) is 4.79 Å². The lowest BCUT2D eigenvalue weighted by atomic mass is 10.3. The van der Waals surface area contributed by atoms with Gasteiger partial charge in [-0.05, 0) is 28.1 Å². The molecule has 0 saturated carbocycles. The highest BCUT2D eigenvalue weighted by Gasteiger charge is 2.16. The number of hydrogen-bond acceptors (Lipinski definition) is 2. The molecule has 0 heterocycles. The van der Waals surface area contributed by atoms with Crippen molar-refractivity contribution >= 4 is 21.9 Å². The number of ether oxygens (including phenoxy) is 1. The molecule has 3 nitrogen and oxygen atoms in total. The lowest BCUT2D eigenvalue weighted by molar-refractivity contribution is -0.143. The van der Waals surface area contributed by atoms with E-state index in [0.29, 0.717) is 0 Å². The summed E-state index contributed by atoms with van der Waals surface area (Å²) >= 11 is 2.97. The molecule has 1 N–H and O–H groups in total. The first kappa shape index (κ1) is 12.9. The molecule has 88 valence electrons.